The molecule has 1 aromatic heterocycles. The fourth-order valence-electron chi connectivity index (χ4n) is 3.48. The van der Waals surface area contributed by atoms with Gasteiger partial charge in [-0.1, -0.05) is 18.2 Å². The Labute approximate surface area is 162 Å². The Balaban J connectivity index is 1.33. The number of carbonyl (C=O) groups excluding carboxylic acids is 2. The number of morpholine rings is 1. The van der Waals surface area contributed by atoms with E-state index in [1.54, 1.807) is 4.68 Å². The number of nitrogens with one attached hydrogen (secondary N) is 2. The second-order valence-corrected chi connectivity index (χ2v) is 6.92. The lowest BCUT2D eigenvalue weighted by atomic mass is 9.97. The molecule has 1 saturated heterocycles. The van der Waals surface area contributed by atoms with Gasteiger partial charge in [-0.15, -0.1) is 5.10 Å². The summed E-state index contributed by atoms with van der Waals surface area (Å²) in [6.07, 6.45) is 0.470. The number of fused-ring (bicyclic) bond motifs is 1. The Kier molecular flexibility index (Phi) is 5.58. The fourth-order valence-corrected chi connectivity index (χ4v) is 3.48. The largest absolute Gasteiger partial charge is 0.379 e. The van der Waals surface area contributed by atoms with Gasteiger partial charge in [0.25, 0.3) is 0 Å². The van der Waals surface area contributed by atoms with Crippen LogP contribution in [-0.4, -0.2) is 63.2 Å². The Morgan fingerprint density at radius 2 is 2.11 bits per heavy atom. The van der Waals surface area contributed by atoms with Crippen LogP contribution in [0.25, 0.3) is 0 Å². The van der Waals surface area contributed by atoms with Crippen molar-refractivity contribution in [3.05, 3.63) is 35.7 Å². The highest BCUT2D eigenvalue weighted by Gasteiger charge is 2.26. The maximum atomic E-state index is 12.5. The molecule has 0 radical (unpaired) electrons. The molecule has 1 aromatic carbocycles. The lowest BCUT2D eigenvalue weighted by molar-refractivity contribution is -0.122. The SMILES string of the molecule is O=C1C[C@@H](NC(=O)CCn2nnnc2CN2CCOCC2)c2ccccc2N1. The van der Waals surface area contributed by atoms with Gasteiger partial charge in [-0.05, 0) is 22.1 Å². The van der Waals surface area contributed by atoms with Crippen molar-refractivity contribution in [2.75, 3.05) is 31.6 Å². The molecule has 1 atom stereocenters. The zero-order valence-electron chi connectivity index (χ0n) is 15.5. The maximum Gasteiger partial charge on any atom is 0.226 e. The summed E-state index contributed by atoms with van der Waals surface area (Å²) in [7, 11) is 0. The third kappa shape index (κ3) is 4.34. The van der Waals surface area contributed by atoms with Crippen molar-refractivity contribution in [2.45, 2.75) is 32.0 Å². The van der Waals surface area contributed by atoms with Crippen molar-refractivity contribution in [3.63, 3.8) is 0 Å². The zero-order valence-corrected chi connectivity index (χ0v) is 15.5. The van der Waals surface area contributed by atoms with Crippen molar-refractivity contribution in [1.29, 1.82) is 0 Å². The number of nitrogens with zero attached hydrogens (tertiary/aromatic N) is 5. The number of aromatic nitrogens is 4. The molecule has 10 nitrogen and oxygen atoms in total. The Morgan fingerprint density at radius 1 is 1.29 bits per heavy atom. The van der Waals surface area contributed by atoms with Crippen LogP contribution in [-0.2, 0) is 27.4 Å². The third-order valence-corrected chi connectivity index (χ3v) is 4.96. The van der Waals surface area contributed by atoms with Crippen LogP contribution >= 0.6 is 0 Å². The van der Waals surface area contributed by atoms with Gasteiger partial charge in [0.05, 0.1) is 38.8 Å². The molecule has 4 rings (SSSR count). The summed E-state index contributed by atoms with van der Waals surface area (Å²) >= 11 is 0. The molecule has 2 amide bonds. The van der Waals surface area contributed by atoms with Crippen LogP contribution in [0.4, 0.5) is 5.69 Å². The standard InChI is InChI=1S/C18H23N7O3/c26-17(20-15-11-18(27)19-14-4-2-1-3-13(14)15)5-6-25-16(21-22-23-25)12-24-7-9-28-10-8-24/h1-4,15H,5-12H2,(H,19,27)(H,20,26)/t15-/m1/s1. The summed E-state index contributed by atoms with van der Waals surface area (Å²) in [6, 6.07) is 7.19. The Bertz CT molecular complexity index is 847. The molecule has 0 unspecified atom stereocenters. The minimum atomic E-state index is -0.320. The van der Waals surface area contributed by atoms with Crippen molar-refractivity contribution >= 4 is 17.5 Å². The van der Waals surface area contributed by atoms with Crippen LogP contribution in [0.15, 0.2) is 24.3 Å². The van der Waals surface area contributed by atoms with E-state index in [0.29, 0.717) is 26.3 Å². The van der Waals surface area contributed by atoms with E-state index < -0.39 is 0 Å². The number of para-hydroxylation sites is 1. The molecule has 0 bridgehead atoms. The summed E-state index contributed by atoms with van der Waals surface area (Å²) in [6.45, 7) is 4.13. The number of hydrogen-bond donors (Lipinski definition) is 2. The average Bonchev–Trinajstić information content (AvgIpc) is 3.14. The molecule has 2 aliphatic heterocycles. The van der Waals surface area contributed by atoms with Crippen LogP contribution in [0, 0.1) is 0 Å². The highest BCUT2D eigenvalue weighted by atomic mass is 16.5. The topological polar surface area (TPSA) is 114 Å². The summed E-state index contributed by atoms with van der Waals surface area (Å²) in [4.78, 5) is 26.6. The van der Waals surface area contributed by atoms with Crippen LogP contribution in [0.3, 0.4) is 0 Å². The molecule has 28 heavy (non-hydrogen) atoms. The number of carbonyl (C=O) groups is 2. The van der Waals surface area contributed by atoms with Crippen LogP contribution in [0.5, 0.6) is 0 Å². The van der Waals surface area contributed by atoms with Crippen molar-refractivity contribution in [1.82, 2.24) is 30.4 Å². The number of aryl methyl sites for hydroxylation is 1. The minimum Gasteiger partial charge on any atom is -0.379 e. The van der Waals surface area contributed by atoms with Crippen molar-refractivity contribution in [2.24, 2.45) is 0 Å². The van der Waals surface area contributed by atoms with Gasteiger partial charge < -0.3 is 15.4 Å². The first-order valence-corrected chi connectivity index (χ1v) is 9.42. The van der Waals surface area contributed by atoms with Crippen molar-refractivity contribution < 1.29 is 14.3 Å². The number of amides is 2. The molecule has 1 fully saturated rings. The number of ether oxygens (including phenoxy) is 1. The van der Waals surface area contributed by atoms with Gasteiger partial charge in [0.1, 0.15) is 0 Å². The molecular weight excluding hydrogens is 362 g/mol. The van der Waals surface area contributed by atoms with Gasteiger partial charge in [0, 0.05) is 25.2 Å². The van der Waals surface area contributed by atoms with Crippen LogP contribution in [0.1, 0.15) is 30.3 Å². The molecule has 0 aliphatic carbocycles. The first-order chi connectivity index (χ1) is 13.7. The fraction of sp³-hybridized carbons (Fsp3) is 0.500. The van der Waals surface area contributed by atoms with Gasteiger partial charge in [0.15, 0.2) is 5.82 Å². The first kappa shape index (κ1) is 18.5. The molecule has 2 aliphatic rings. The second-order valence-electron chi connectivity index (χ2n) is 6.92. The second kappa shape index (κ2) is 8.44. The number of anilines is 1. The summed E-state index contributed by atoms with van der Waals surface area (Å²) in [5, 5.41) is 17.6. The van der Waals surface area contributed by atoms with Gasteiger partial charge in [-0.25, -0.2) is 4.68 Å². The quantitative estimate of drug-likeness (QED) is 0.724. The predicted molar refractivity (Wildman–Crippen MR) is 99.1 cm³/mol. The molecule has 2 N–H and O–H groups in total. The first-order valence-electron chi connectivity index (χ1n) is 9.42. The predicted octanol–water partition coefficient (Wildman–Crippen LogP) is 0.0951. The lowest BCUT2D eigenvalue weighted by Gasteiger charge is -2.26. The average molecular weight is 385 g/mol. The zero-order chi connectivity index (χ0) is 19.3. The van der Waals surface area contributed by atoms with Gasteiger partial charge in [0.2, 0.25) is 11.8 Å². The van der Waals surface area contributed by atoms with Gasteiger partial charge >= 0.3 is 0 Å². The van der Waals surface area contributed by atoms with E-state index in [-0.39, 0.29) is 30.7 Å². The van der Waals surface area contributed by atoms with Gasteiger partial charge in [-0.3, -0.25) is 14.5 Å². The molecule has 10 heteroatoms. The normalized spacial score (nSPS) is 19.7. The molecule has 148 valence electrons. The maximum absolute atomic E-state index is 12.5. The highest BCUT2D eigenvalue weighted by Crippen LogP contribution is 2.29. The van der Waals surface area contributed by atoms with E-state index in [0.717, 1.165) is 30.2 Å². The lowest BCUT2D eigenvalue weighted by Crippen LogP contribution is -2.37. The van der Waals surface area contributed by atoms with Crippen LogP contribution in [0.2, 0.25) is 0 Å². The van der Waals surface area contributed by atoms with E-state index in [1.165, 1.54) is 0 Å². The number of hydrogen-bond acceptors (Lipinski definition) is 7. The third-order valence-electron chi connectivity index (χ3n) is 4.96. The van der Waals surface area contributed by atoms with E-state index in [4.69, 9.17) is 4.74 Å². The molecule has 3 heterocycles. The number of benzene rings is 1. The smallest absolute Gasteiger partial charge is 0.226 e. The van der Waals surface area contributed by atoms with Crippen LogP contribution < -0.4 is 10.6 Å². The Morgan fingerprint density at radius 3 is 2.96 bits per heavy atom. The van der Waals surface area contributed by atoms with Crippen molar-refractivity contribution in [3.8, 4) is 0 Å². The van der Waals surface area contributed by atoms with E-state index in [2.05, 4.69) is 31.1 Å². The van der Waals surface area contributed by atoms with E-state index >= 15 is 0 Å². The summed E-state index contributed by atoms with van der Waals surface area (Å²) in [5.74, 6) is 0.497. The monoisotopic (exact) mass is 385 g/mol. The minimum absolute atomic E-state index is 0.0997. The number of rotatable bonds is 6. The summed E-state index contributed by atoms with van der Waals surface area (Å²) in [5.41, 5.74) is 1.67. The summed E-state index contributed by atoms with van der Waals surface area (Å²) < 4.78 is 7.01. The molecule has 0 spiro atoms. The van der Waals surface area contributed by atoms with E-state index in [1.807, 2.05) is 24.3 Å². The molecule has 0 saturated carbocycles. The number of tetrazole rings is 1. The van der Waals surface area contributed by atoms with E-state index in [9.17, 15) is 9.59 Å². The van der Waals surface area contributed by atoms with Gasteiger partial charge in [-0.2, -0.15) is 0 Å². The molecule has 2 aromatic rings. The Hall–Kier alpha value is -2.85. The molecular formula is C18H23N7O3. The highest BCUT2D eigenvalue weighted by molar-refractivity contribution is 5.95.